The molecule has 2 aromatic rings. The molecule has 1 atom stereocenters. The van der Waals surface area contributed by atoms with E-state index in [0.29, 0.717) is 13.0 Å². The van der Waals surface area contributed by atoms with E-state index in [1.807, 2.05) is 43.5 Å². The number of hydrogen-bond acceptors (Lipinski definition) is 5. The van der Waals surface area contributed by atoms with Crippen molar-refractivity contribution in [2.45, 2.75) is 39.3 Å². The molecule has 2 N–H and O–H groups in total. The molecule has 0 aliphatic heterocycles. The zero-order valence-electron chi connectivity index (χ0n) is 13.4. The number of hydrogen-bond donors (Lipinski definition) is 2. The minimum Gasteiger partial charge on any atom is -0.486 e. The van der Waals surface area contributed by atoms with Gasteiger partial charge in [-0.2, -0.15) is 0 Å². The molecule has 0 bridgehead atoms. The first-order chi connectivity index (χ1) is 11.1. The van der Waals surface area contributed by atoms with Gasteiger partial charge in [-0.25, -0.2) is 4.98 Å². The number of ether oxygens (including phenoxy) is 1. The van der Waals surface area contributed by atoms with Crippen LogP contribution in [0.4, 0.5) is 0 Å². The van der Waals surface area contributed by atoms with Crippen molar-refractivity contribution in [2.24, 2.45) is 0 Å². The van der Waals surface area contributed by atoms with Crippen LogP contribution in [0, 0.1) is 6.92 Å². The summed E-state index contributed by atoms with van der Waals surface area (Å²) in [6.45, 7) is 4.37. The second-order valence-electron chi connectivity index (χ2n) is 5.49. The van der Waals surface area contributed by atoms with Crippen molar-refractivity contribution in [1.29, 1.82) is 0 Å². The minimum atomic E-state index is -0.0812. The summed E-state index contributed by atoms with van der Waals surface area (Å²) >= 11 is 1.49. The number of carbonyl (C=O) groups excluding carboxylic acids is 1. The molecular formula is C17H22N2O3S. The van der Waals surface area contributed by atoms with Crippen LogP contribution in [0.5, 0.6) is 5.75 Å². The van der Waals surface area contributed by atoms with Crippen LogP contribution in [0.15, 0.2) is 29.6 Å². The maximum Gasteiger partial charge on any atom is 0.226 e. The van der Waals surface area contributed by atoms with Crippen molar-refractivity contribution in [3.63, 3.8) is 0 Å². The number of aryl methyl sites for hydroxylation is 1. The molecule has 0 saturated heterocycles. The van der Waals surface area contributed by atoms with Crippen LogP contribution >= 0.6 is 11.3 Å². The van der Waals surface area contributed by atoms with Gasteiger partial charge in [0.2, 0.25) is 5.91 Å². The predicted molar refractivity (Wildman–Crippen MR) is 90.6 cm³/mol. The Morgan fingerprint density at radius 3 is 2.83 bits per heavy atom. The molecule has 1 aromatic carbocycles. The standard InChI is InChI=1S/C17H22N2O3S/c1-12-3-5-15(6-4-12)22-10-17-19-14(11-23-17)9-16(21)18-13(2)7-8-20/h3-6,11,13,20H,7-10H2,1-2H3,(H,18,21). The van der Waals surface area contributed by atoms with E-state index in [-0.39, 0.29) is 25.0 Å². The van der Waals surface area contributed by atoms with E-state index in [0.717, 1.165) is 16.5 Å². The Morgan fingerprint density at radius 1 is 1.39 bits per heavy atom. The third-order valence-electron chi connectivity index (χ3n) is 3.29. The number of aliphatic hydroxyl groups is 1. The van der Waals surface area contributed by atoms with Crippen LogP contribution in [0.1, 0.15) is 29.6 Å². The van der Waals surface area contributed by atoms with Gasteiger partial charge in [-0.15, -0.1) is 11.3 Å². The predicted octanol–water partition coefficient (Wildman–Crippen LogP) is 2.46. The van der Waals surface area contributed by atoms with E-state index in [4.69, 9.17) is 9.84 Å². The Bertz CT molecular complexity index is 625. The van der Waals surface area contributed by atoms with Gasteiger partial charge in [-0.05, 0) is 32.4 Å². The first-order valence-electron chi connectivity index (χ1n) is 7.60. The Balaban J connectivity index is 1.81. The normalized spacial score (nSPS) is 12.0. The summed E-state index contributed by atoms with van der Waals surface area (Å²) in [6.07, 6.45) is 0.801. The SMILES string of the molecule is Cc1ccc(OCc2nc(CC(=O)NC(C)CCO)cs2)cc1. The van der Waals surface area contributed by atoms with Crippen molar-refractivity contribution >= 4 is 17.2 Å². The maximum absolute atomic E-state index is 11.9. The summed E-state index contributed by atoms with van der Waals surface area (Å²) in [5, 5.41) is 14.4. The smallest absolute Gasteiger partial charge is 0.226 e. The molecule has 5 nitrogen and oxygen atoms in total. The number of nitrogens with one attached hydrogen (secondary N) is 1. The highest BCUT2D eigenvalue weighted by molar-refractivity contribution is 7.09. The first-order valence-corrected chi connectivity index (χ1v) is 8.47. The number of rotatable bonds is 8. The second-order valence-corrected chi connectivity index (χ2v) is 6.43. The van der Waals surface area contributed by atoms with Crippen molar-refractivity contribution < 1.29 is 14.6 Å². The molecule has 0 saturated carbocycles. The number of carbonyl (C=O) groups is 1. The molecule has 2 rings (SSSR count). The van der Waals surface area contributed by atoms with E-state index in [1.165, 1.54) is 16.9 Å². The van der Waals surface area contributed by atoms with Crippen molar-refractivity contribution in [3.05, 3.63) is 45.9 Å². The van der Waals surface area contributed by atoms with E-state index < -0.39 is 0 Å². The summed E-state index contributed by atoms with van der Waals surface area (Å²) in [5.41, 5.74) is 1.93. The zero-order chi connectivity index (χ0) is 16.7. The average molecular weight is 334 g/mol. The lowest BCUT2D eigenvalue weighted by Crippen LogP contribution is -2.34. The molecule has 1 amide bonds. The lowest BCUT2D eigenvalue weighted by Gasteiger charge is -2.11. The lowest BCUT2D eigenvalue weighted by molar-refractivity contribution is -0.121. The number of thiazole rings is 1. The van der Waals surface area contributed by atoms with Crippen LogP contribution < -0.4 is 10.1 Å². The molecule has 0 aliphatic rings. The topological polar surface area (TPSA) is 71.5 Å². The molecule has 124 valence electrons. The molecule has 6 heteroatoms. The third kappa shape index (κ3) is 6.00. The Kier molecular flexibility index (Phi) is 6.55. The fourth-order valence-corrected chi connectivity index (χ4v) is 2.74. The van der Waals surface area contributed by atoms with Gasteiger partial charge in [0.25, 0.3) is 0 Å². The fourth-order valence-electron chi connectivity index (χ4n) is 2.03. The van der Waals surface area contributed by atoms with Gasteiger partial charge in [-0.3, -0.25) is 4.79 Å². The van der Waals surface area contributed by atoms with Crippen LogP contribution in [-0.2, 0) is 17.8 Å². The van der Waals surface area contributed by atoms with Gasteiger partial charge >= 0.3 is 0 Å². The quantitative estimate of drug-likeness (QED) is 0.778. The summed E-state index contributed by atoms with van der Waals surface area (Å²) in [5.74, 6) is 0.727. The highest BCUT2D eigenvalue weighted by Crippen LogP contribution is 2.16. The molecule has 1 unspecified atom stereocenters. The second kappa shape index (κ2) is 8.64. The molecule has 0 fully saturated rings. The van der Waals surface area contributed by atoms with Crippen molar-refractivity contribution in [3.8, 4) is 5.75 Å². The zero-order valence-corrected chi connectivity index (χ0v) is 14.2. The number of amides is 1. The summed E-state index contributed by atoms with van der Waals surface area (Å²) < 4.78 is 5.68. The summed E-state index contributed by atoms with van der Waals surface area (Å²) in [4.78, 5) is 16.3. The lowest BCUT2D eigenvalue weighted by atomic mass is 10.2. The molecule has 1 heterocycles. The van der Waals surface area contributed by atoms with Gasteiger partial charge in [0, 0.05) is 18.0 Å². The maximum atomic E-state index is 11.9. The summed E-state index contributed by atoms with van der Waals surface area (Å²) in [6, 6.07) is 7.83. The van der Waals surface area contributed by atoms with Crippen LogP contribution in [-0.4, -0.2) is 28.6 Å². The highest BCUT2D eigenvalue weighted by atomic mass is 32.1. The van der Waals surface area contributed by atoms with Crippen molar-refractivity contribution in [1.82, 2.24) is 10.3 Å². The summed E-state index contributed by atoms with van der Waals surface area (Å²) in [7, 11) is 0. The van der Waals surface area contributed by atoms with Gasteiger partial charge in [0.1, 0.15) is 17.4 Å². The van der Waals surface area contributed by atoms with Gasteiger partial charge < -0.3 is 15.2 Å². The molecular weight excluding hydrogens is 312 g/mol. The monoisotopic (exact) mass is 334 g/mol. The first kappa shape index (κ1) is 17.4. The average Bonchev–Trinajstić information content (AvgIpc) is 2.94. The van der Waals surface area contributed by atoms with E-state index in [2.05, 4.69) is 10.3 Å². The highest BCUT2D eigenvalue weighted by Gasteiger charge is 2.10. The number of aromatic nitrogens is 1. The third-order valence-corrected chi connectivity index (χ3v) is 4.16. The fraction of sp³-hybridized carbons (Fsp3) is 0.412. The molecule has 1 aromatic heterocycles. The minimum absolute atomic E-state index is 0.0320. The van der Waals surface area contributed by atoms with Gasteiger partial charge in [-0.1, -0.05) is 17.7 Å². The van der Waals surface area contributed by atoms with Gasteiger partial charge in [0.05, 0.1) is 12.1 Å². The Hall–Kier alpha value is -1.92. The number of benzene rings is 1. The van der Waals surface area contributed by atoms with Crippen LogP contribution in [0.2, 0.25) is 0 Å². The van der Waals surface area contributed by atoms with E-state index >= 15 is 0 Å². The molecule has 23 heavy (non-hydrogen) atoms. The number of aliphatic hydroxyl groups excluding tert-OH is 1. The van der Waals surface area contributed by atoms with Gasteiger partial charge in [0.15, 0.2) is 0 Å². The van der Waals surface area contributed by atoms with E-state index in [1.54, 1.807) is 0 Å². The molecule has 0 radical (unpaired) electrons. The largest absolute Gasteiger partial charge is 0.486 e. The molecule has 0 aliphatic carbocycles. The Morgan fingerprint density at radius 2 is 2.13 bits per heavy atom. The molecule has 0 spiro atoms. The van der Waals surface area contributed by atoms with Crippen molar-refractivity contribution in [2.75, 3.05) is 6.61 Å². The van der Waals surface area contributed by atoms with E-state index in [9.17, 15) is 4.79 Å². The number of nitrogens with zero attached hydrogens (tertiary/aromatic N) is 1. The van der Waals surface area contributed by atoms with Crippen LogP contribution in [0.25, 0.3) is 0 Å². The van der Waals surface area contributed by atoms with Crippen LogP contribution in [0.3, 0.4) is 0 Å². The Labute approximate surface area is 140 Å².